The van der Waals surface area contributed by atoms with Crippen LogP contribution in [0.4, 0.5) is 30.6 Å². The van der Waals surface area contributed by atoms with Crippen LogP contribution >= 0.6 is 0 Å². The predicted molar refractivity (Wildman–Crippen MR) is 140 cm³/mol. The number of alkyl halides is 3. The monoisotopic (exact) mass is 542 g/mol. The molecule has 0 fully saturated rings. The molecule has 1 aliphatic rings. The molecule has 1 aliphatic heterocycles. The molecule has 1 atom stereocenters. The number of hydrogen-bond acceptors (Lipinski definition) is 6. The lowest BCUT2D eigenvalue weighted by molar-refractivity contribution is -0.115. The van der Waals surface area contributed by atoms with E-state index in [-0.39, 0.29) is 23.3 Å². The highest BCUT2D eigenvalue weighted by atomic mass is 32.2. The summed E-state index contributed by atoms with van der Waals surface area (Å²) >= 11 is 0. The number of aromatic nitrogens is 3. The molecule has 1 unspecified atom stereocenters. The fraction of sp³-hybridized carbons (Fsp3) is 0.269. The quantitative estimate of drug-likeness (QED) is 0.310. The Kier molecular flexibility index (Phi) is 6.82. The van der Waals surface area contributed by atoms with Gasteiger partial charge in [0.05, 0.1) is 10.3 Å². The Hall–Kier alpha value is -3.93. The number of aryl methyl sites for hydroxylation is 1. The van der Waals surface area contributed by atoms with Gasteiger partial charge in [-0.2, -0.15) is 23.1 Å². The number of anilines is 3. The van der Waals surface area contributed by atoms with Crippen molar-refractivity contribution in [1.82, 2.24) is 18.8 Å². The zero-order valence-corrected chi connectivity index (χ0v) is 21.5. The number of nitrogens with one attached hydrogen (secondary N) is 2. The molecule has 1 amide bonds. The first-order valence-electron chi connectivity index (χ1n) is 12.0. The SMILES string of the molecule is CCCN1Cc2cc(Nc3nc(NCC(F)(F)F)c4ccn(S(=O)c5ccc(C)cc5)c4n3)ccc2C1=O. The van der Waals surface area contributed by atoms with E-state index in [1.807, 2.05) is 32.0 Å². The normalized spacial score (nSPS) is 14.1. The Morgan fingerprint density at radius 2 is 1.84 bits per heavy atom. The van der Waals surface area contributed by atoms with Gasteiger partial charge < -0.3 is 15.5 Å². The third kappa shape index (κ3) is 5.21. The molecule has 4 aromatic rings. The molecule has 0 spiro atoms. The Bertz CT molecular complexity index is 1530. The standard InChI is InChI=1S/C26H25F3N6O2S/c1-3-11-34-14-17-13-18(6-9-20(17)24(34)36)31-25-32-22(30-15-26(27,28)29)21-10-12-35(23(21)33-25)38(37)19-7-4-16(2)5-8-19/h4-10,12-13H,3,11,14-15H2,1-2H3,(H2,30,31,32,33). The fourth-order valence-electron chi connectivity index (χ4n) is 4.31. The lowest BCUT2D eigenvalue weighted by Crippen LogP contribution is -2.24. The van der Waals surface area contributed by atoms with Crippen molar-refractivity contribution in [1.29, 1.82) is 0 Å². The van der Waals surface area contributed by atoms with Gasteiger partial charge in [-0.05, 0) is 55.3 Å². The minimum Gasteiger partial charge on any atom is -0.360 e. The summed E-state index contributed by atoms with van der Waals surface area (Å²) in [6.45, 7) is 3.76. The molecular weight excluding hydrogens is 517 g/mol. The predicted octanol–water partition coefficient (Wildman–Crippen LogP) is 5.39. The summed E-state index contributed by atoms with van der Waals surface area (Å²) in [6, 6.07) is 13.9. The molecule has 0 saturated heterocycles. The summed E-state index contributed by atoms with van der Waals surface area (Å²) in [4.78, 5) is 23.6. The van der Waals surface area contributed by atoms with Gasteiger partial charge in [0.15, 0.2) is 16.6 Å². The van der Waals surface area contributed by atoms with Gasteiger partial charge in [0.2, 0.25) is 5.95 Å². The maximum Gasteiger partial charge on any atom is 0.405 e. The number of fused-ring (bicyclic) bond motifs is 2. The Labute approximate surface area is 219 Å². The van der Waals surface area contributed by atoms with E-state index in [4.69, 9.17) is 0 Å². The van der Waals surface area contributed by atoms with Crippen LogP contribution in [0.15, 0.2) is 59.6 Å². The molecule has 0 bridgehead atoms. The summed E-state index contributed by atoms with van der Waals surface area (Å²) < 4.78 is 53.8. The van der Waals surface area contributed by atoms with Crippen LogP contribution in [0.25, 0.3) is 11.0 Å². The fourth-order valence-corrected chi connectivity index (χ4v) is 5.37. The van der Waals surface area contributed by atoms with Crippen LogP contribution in [0.1, 0.15) is 34.8 Å². The van der Waals surface area contributed by atoms with Gasteiger partial charge in [0.1, 0.15) is 12.4 Å². The molecule has 12 heteroatoms. The zero-order valence-electron chi connectivity index (χ0n) is 20.7. The van der Waals surface area contributed by atoms with Crippen molar-refractivity contribution in [2.45, 2.75) is 37.9 Å². The zero-order chi connectivity index (χ0) is 27.0. The molecule has 38 heavy (non-hydrogen) atoms. The summed E-state index contributed by atoms with van der Waals surface area (Å²) in [6.07, 6.45) is -2.10. The largest absolute Gasteiger partial charge is 0.405 e. The molecule has 0 saturated carbocycles. The highest BCUT2D eigenvalue weighted by Gasteiger charge is 2.29. The topological polar surface area (TPSA) is 92.2 Å². The number of carbonyl (C=O) groups is 1. The molecule has 2 aromatic heterocycles. The van der Waals surface area contributed by atoms with Crippen molar-refractivity contribution in [2.24, 2.45) is 0 Å². The number of carbonyl (C=O) groups excluding carboxylic acids is 1. The number of nitrogens with zero attached hydrogens (tertiary/aromatic N) is 4. The van der Waals surface area contributed by atoms with Gasteiger partial charge in [0, 0.05) is 30.5 Å². The van der Waals surface area contributed by atoms with E-state index >= 15 is 0 Å². The lowest BCUT2D eigenvalue weighted by atomic mass is 10.1. The van der Waals surface area contributed by atoms with Crippen LogP contribution in [-0.4, -0.2) is 48.2 Å². The summed E-state index contributed by atoms with van der Waals surface area (Å²) in [5.41, 5.74) is 3.25. The first-order valence-corrected chi connectivity index (χ1v) is 13.1. The van der Waals surface area contributed by atoms with Crippen LogP contribution in [0.5, 0.6) is 0 Å². The van der Waals surface area contributed by atoms with Crippen molar-refractivity contribution in [3.05, 3.63) is 71.4 Å². The molecule has 8 nitrogen and oxygen atoms in total. The van der Waals surface area contributed by atoms with Crippen LogP contribution in [-0.2, 0) is 17.5 Å². The average molecular weight is 543 g/mol. The number of halogens is 3. The molecule has 0 aliphatic carbocycles. The average Bonchev–Trinajstić information content (AvgIpc) is 3.43. The van der Waals surface area contributed by atoms with Gasteiger partial charge in [-0.15, -0.1) is 0 Å². The minimum absolute atomic E-state index is 0.0257. The van der Waals surface area contributed by atoms with Crippen molar-refractivity contribution in [3.8, 4) is 0 Å². The van der Waals surface area contributed by atoms with Crippen molar-refractivity contribution in [3.63, 3.8) is 0 Å². The molecule has 3 heterocycles. The van der Waals surface area contributed by atoms with E-state index in [9.17, 15) is 22.2 Å². The summed E-state index contributed by atoms with van der Waals surface area (Å²) in [5, 5.41) is 5.68. The molecule has 5 rings (SSSR count). The first kappa shape index (κ1) is 25.7. The molecule has 0 radical (unpaired) electrons. The van der Waals surface area contributed by atoms with Crippen LogP contribution < -0.4 is 10.6 Å². The highest BCUT2D eigenvalue weighted by Crippen LogP contribution is 2.30. The van der Waals surface area contributed by atoms with Crippen molar-refractivity contribution in [2.75, 3.05) is 23.7 Å². The van der Waals surface area contributed by atoms with E-state index in [0.717, 1.165) is 17.5 Å². The maximum absolute atomic E-state index is 13.3. The van der Waals surface area contributed by atoms with Gasteiger partial charge in [-0.1, -0.05) is 24.6 Å². The van der Waals surface area contributed by atoms with Crippen molar-refractivity contribution >= 4 is 45.4 Å². The van der Waals surface area contributed by atoms with E-state index in [2.05, 4.69) is 20.6 Å². The Morgan fingerprint density at radius 1 is 1.08 bits per heavy atom. The first-order chi connectivity index (χ1) is 18.1. The smallest absolute Gasteiger partial charge is 0.360 e. The molecule has 2 N–H and O–H groups in total. The number of rotatable bonds is 8. The second kappa shape index (κ2) is 10.1. The van der Waals surface area contributed by atoms with Crippen LogP contribution in [0.3, 0.4) is 0 Å². The second-order valence-corrected chi connectivity index (χ2v) is 10.4. The lowest BCUT2D eigenvalue weighted by Gasteiger charge is -2.13. The third-order valence-corrected chi connectivity index (χ3v) is 7.43. The van der Waals surface area contributed by atoms with Crippen LogP contribution in [0, 0.1) is 6.92 Å². The highest BCUT2D eigenvalue weighted by molar-refractivity contribution is 7.83. The Balaban J connectivity index is 1.51. The van der Waals surface area contributed by atoms with E-state index in [0.29, 0.717) is 34.6 Å². The summed E-state index contributed by atoms with van der Waals surface area (Å²) in [5.74, 6) is -0.0428. The Morgan fingerprint density at radius 3 is 2.55 bits per heavy atom. The van der Waals surface area contributed by atoms with Crippen LogP contribution in [0.2, 0.25) is 0 Å². The third-order valence-electron chi connectivity index (χ3n) is 6.10. The van der Waals surface area contributed by atoms with Gasteiger partial charge in [-0.3, -0.25) is 4.79 Å². The van der Waals surface area contributed by atoms with Crippen molar-refractivity contribution < 1.29 is 22.2 Å². The summed E-state index contributed by atoms with van der Waals surface area (Å²) in [7, 11) is -1.69. The van der Waals surface area contributed by atoms with E-state index in [1.165, 1.54) is 16.2 Å². The maximum atomic E-state index is 13.3. The van der Waals surface area contributed by atoms with Gasteiger partial charge in [-0.25, -0.2) is 8.18 Å². The minimum atomic E-state index is -4.46. The number of hydrogen-bond donors (Lipinski definition) is 2. The van der Waals surface area contributed by atoms with E-state index in [1.54, 1.807) is 29.2 Å². The number of amides is 1. The molecular formula is C26H25F3N6O2S. The molecule has 198 valence electrons. The second-order valence-electron chi connectivity index (χ2n) is 9.03. The van der Waals surface area contributed by atoms with E-state index < -0.39 is 23.7 Å². The van der Waals surface area contributed by atoms with Gasteiger partial charge >= 0.3 is 6.18 Å². The molecule has 2 aromatic carbocycles. The number of benzene rings is 2. The van der Waals surface area contributed by atoms with Gasteiger partial charge in [0.25, 0.3) is 5.91 Å².